The quantitative estimate of drug-likeness (QED) is 0.784. The molecule has 1 aliphatic heterocycles. The van der Waals surface area contributed by atoms with Crippen molar-refractivity contribution in [1.29, 1.82) is 5.26 Å². The Bertz CT molecular complexity index is 989. The average Bonchev–Trinajstić information content (AvgIpc) is 3.11. The van der Waals surface area contributed by atoms with Crippen molar-refractivity contribution in [1.82, 2.24) is 14.3 Å². The van der Waals surface area contributed by atoms with Gasteiger partial charge in [-0.2, -0.15) is 22.7 Å². The van der Waals surface area contributed by atoms with Crippen LogP contribution in [0.15, 0.2) is 41.6 Å². The van der Waals surface area contributed by atoms with E-state index in [1.807, 2.05) is 6.07 Å². The molecule has 1 aromatic heterocycles. The van der Waals surface area contributed by atoms with Gasteiger partial charge < -0.3 is 4.74 Å². The van der Waals surface area contributed by atoms with Crippen molar-refractivity contribution in [3.8, 4) is 11.9 Å². The highest BCUT2D eigenvalue weighted by Gasteiger charge is 2.36. The third-order valence-electron chi connectivity index (χ3n) is 3.96. The van der Waals surface area contributed by atoms with Crippen LogP contribution >= 0.6 is 0 Å². The maximum atomic E-state index is 12.8. The van der Waals surface area contributed by atoms with Crippen molar-refractivity contribution in [3.05, 3.63) is 47.9 Å². The molecule has 3 rings (SSSR count). The number of ether oxygens (including phenoxy) is 1. The number of benzene rings is 1. The molecule has 0 aliphatic carbocycles. The highest BCUT2D eigenvalue weighted by atomic mass is 32.2. The molecule has 1 aliphatic rings. The van der Waals surface area contributed by atoms with Gasteiger partial charge in [0.15, 0.2) is 0 Å². The van der Waals surface area contributed by atoms with Gasteiger partial charge >= 0.3 is 6.18 Å². The zero-order valence-corrected chi connectivity index (χ0v) is 14.5. The summed E-state index contributed by atoms with van der Waals surface area (Å²) < 4.78 is 70.4. The lowest BCUT2D eigenvalue weighted by atomic mass is 10.2. The second kappa shape index (κ2) is 7.13. The van der Waals surface area contributed by atoms with Crippen molar-refractivity contribution in [2.24, 2.45) is 0 Å². The van der Waals surface area contributed by atoms with E-state index >= 15 is 0 Å². The molecule has 1 saturated heterocycles. The summed E-state index contributed by atoms with van der Waals surface area (Å²) >= 11 is 0. The molecule has 1 fully saturated rings. The zero-order chi connectivity index (χ0) is 19.7. The minimum Gasteiger partial charge on any atom is -0.471 e. The summed E-state index contributed by atoms with van der Waals surface area (Å²) in [5.74, 6) is -0.0108. The van der Waals surface area contributed by atoms with Crippen LogP contribution in [0.4, 0.5) is 13.2 Å². The van der Waals surface area contributed by atoms with Gasteiger partial charge in [-0.25, -0.2) is 18.4 Å². The zero-order valence-electron chi connectivity index (χ0n) is 13.7. The number of alkyl halides is 3. The normalized spacial score (nSPS) is 18.2. The Morgan fingerprint density at radius 2 is 2.00 bits per heavy atom. The molecule has 0 N–H and O–H groups in total. The van der Waals surface area contributed by atoms with Gasteiger partial charge in [0.05, 0.1) is 17.0 Å². The highest BCUT2D eigenvalue weighted by Crippen LogP contribution is 2.32. The molecule has 11 heteroatoms. The van der Waals surface area contributed by atoms with Crippen LogP contribution in [-0.4, -0.2) is 41.9 Å². The molecule has 27 heavy (non-hydrogen) atoms. The third kappa shape index (κ3) is 4.01. The molecular formula is C16H13F3N4O3S. The number of hydrogen-bond acceptors (Lipinski definition) is 6. The molecule has 0 radical (unpaired) electrons. The van der Waals surface area contributed by atoms with Gasteiger partial charge in [-0.3, -0.25) is 0 Å². The maximum absolute atomic E-state index is 12.8. The van der Waals surface area contributed by atoms with Gasteiger partial charge in [-0.05, 0) is 24.6 Å². The Morgan fingerprint density at radius 3 is 2.70 bits per heavy atom. The number of rotatable bonds is 4. The first-order valence-electron chi connectivity index (χ1n) is 7.77. The van der Waals surface area contributed by atoms with E-state index in [4.69, 9.17) is 10.00 Å². The standard InChI is InChI=1S/C16H13F3N4O3S/c17-16(18,19)11-2-1-3-13(8-11)27(24,25)23-7-4-12(10-23)26-15-14(9-20)21-5-6-22-15/h1-3,5-6,8,12H,4,7,10H2. The van der Waals surface area contributed by atoms with E-state index in [2.05, 4.69) is 9.97 Å². The van der Waals surface area contributed by atoms with Crippen LogP contribution < -0.4 is 4.74 Å². The first kappa shape index (κ1) is 19.1. The van der Waals surface area contributed by atoms with Gasteiger partial charge in [-0.15, -0.1) is 0 Å². The number of hydrogen-bond donors (Lipinski definition) is 0. The second-order valence-electron chi connectivity index (χ2n) is 5.74. The van der Waals surface area contributed by atoms with E-state index in [9.17, 15) is 21.6 Å². The van der Waals surface area contributed by atoms with Crippen LogP contribution in [0.3, 0.4) is 0 Å². The minimum absolute atomic E-state index is 0.0108. The summed E-state index contributed by atoms with van der Waals surface area (Å²) in [6.45, 7) is 0.00537. The van der Waals surface area contributed by atoms with Crippen LogP contribution in [-0.2, 0) is 16.2 Å². The summed E-state index contributed by atoms with van der Waals surface area (Å²) in [5, 5.41) is 8.98. The summed E-state index contributed by atoms with van der Waals surface area (Å²) in [4.78, 5) is 7.26. The largest absolute Gasteiger partial charge is 0.471 e. The Morgan fingerprint density at radius 1 is 1.26 bits per heavy atom. The fourth-order valence-electron chi connectivity index (χ4n) is 2.64. The summed E-state index contributed by atoms with van der Waals surface area (Å²) in [6, 6.07) is 5.42. The summed E-state index contributed by atoms with van der Waals surface area (Å²) in [7, 11) is -4.11. The second-order valence-corrected chi connectivity index (χ2v) is 7.68. The fraction of sp³-hybridized carbons (Fsp3) is 0.312. The smallest absolute Gasteiger partial charge is 0.416 e. The lowest BCUT2D eigenvalue weighted by molar-refractivity contribution is -0.137. The SMILES string of the molecule is N#Cc1nccnc1OC1CCN(S(=O)(=O)c2cccc(C(F)(F)F)c2)C1. The predicted octanol–water partition coefficient (Wildman–Crippen LogP) is 2.21. The lowest BCUT2D eigenvalue weighted by Gasteiger charge is -2.18. The van der Waals surface area contributed by atoms with E-state index in [1.54, 1.807) is 0 Å². The Labute approximate surface area is 153 Å². The first-order chi connectivity index (χ1) is 12.7. The van der Waals surface area contributed by atoms with E-state index < -0.39 is 32.8 Å². The predicted molar refractivity (Wildman–Crippen MR) is 86.0 cm³/mol. The minimum atomic E-state index is -4.64. The van der Waals surface area contributed by atoms with Gasteiger partial charge in [0, 0.05) is 18.9 Å². The topological polar surface area (TPSA) is 96.2 Å². The molecule has 1 unspecified atom stereocenters. The van der Waals surface area contributed by atoms with Crippen LogP contribution in [0.1, 0.15) is 17.7 Å². The average molecular weight is 398 g/mol. The van der Waals surface area contributed by atoms with E-state index in [-0.39, 0.29) is 24.7 Å². The van der Waals surface area contributed by atoms with Gasteiger partial charge in [0.2, 0.25) is 15.7 Å². The van der Waals surface area contributed by atoms with Gasteiger partial charge in [-0.1, -0.05) is 6.07 Å². The molecular weight excluding hydrogens is 385 g/mol. The monoisotopic (exact) mass is 398 g/mol. The number of aromatic nitrogens is 2. The summed E-state index contributed by atoms with van der Waals surface area (Å²) in [5.41, 5.74) is -1.06. The van der Waals surface area contributed by atoms with Gasteiger partial charge in [0.25, 0.3) is 5.88 Å². The molecule has 2 aromatic rings. The summed E-state index contributed by atoms with van der Waals surface area (Å²) in [6.07, 6.45) is -2.26. The van der Waals surface area contributed by atoms with Crippen LogP contribution in [0.25, 0.3) is 0 Å². The van der Waals surface area contributed by atoms with E-state index in [1.165, 1.54) is 12.4 Å². The van der Waals surface area contributed by atoms with Gasteiger partial charge in [0.1, 0.15) is 12.2 Å². The van der Waals surface area contributed by atoms with Crippen LogP contribution in [0.5, 0.6) is 5.88 Å². The fourth-order valence-corrected chi connectivity index (χ4v) is 4.17. The molecule has 0 amide bonds. The third-order valence-corrected chi connectivity index (χ3v) is 5.82. The van der Waals surface area contributed by atoms with Crippen molar-refractivity contribution in [2.75, 3.05) is 13.1 Å². The molecule has 7 nitrogen and oxygen atoms in total. The molecule has 1 atom stereocenters. The number of halogens is 3. The first-order valence-corrected chi connectivity index (χ1v) is 9.21. The Balaban J connectivity index is 1.77. The molecule has 1 aromatic carbocycles. The van der Waals surface area contributed by atoms with E-state index in [0.717, 1.165) is 22.5 Å². The lowest BCUT2D eigenvalue weighted by Crippen LogP contribution is -2.31. The van der Waals surface area contributed by atoms with Crippen molar-refractivity contribution in [2.45, 2.75) is 23.6 Å². The Hall–Kier alpha value is -2.71. The van der Waals surface area contributed by atoms with E-state index in [0.29, 0.717) is 12.5 Å². The molecule has 0 saturated carbocycles. The highest BCUT2D eigenvalue weighted by molar-refractivity contribution is 7.89. The molecule has 0 spiro atoms. The number of nitrogens with zero attached hydrogens (tertiary/aromatic N) is 4. The Kier molecular flexibility index (Phi) is 5.03. The molecule has 142 valence electrons. The van der Waals surface area contributed by atoms with Crippen LogP contribution in [0.2, 0.25) is 0 Å². The molecule has 2 heterocycles. The number of nitriles is 1. The van der Waals surface area contributed by atoms with Crippen molar-refractivity contribution >= 4 is 10.0 Å². The van der Waals surface area contributed by atoms with Crippen LogP contribution in [0, 0.1) is 11.3 Å². The number of sulfonamides is 1. The van der Waals surface area contributed by atoms with Crippen molar-refractivity contribution < 1.29 is 26.3 Å². The molecule has 0 bridgehead atoms. The van der Waals surface area contributed by atoms with Crippen molar-refractivity contribution in [3.63, 3.8) is 0 Å². The maximum Gasteiger partial charge on any atom is 0.416 e.